The third-order valence-corrected chi connectivity index (χ3v) is 6.02. The highest BCUT2D eigenvalue weighted by Crippen LogP contribution is 2.34. The molecule has 1 aliphatic rings. The molecule has 0 aliphatic carbocycles. The van der Waals surface area contributed by atoms with Crippen LogP contribution in [0.5, 0.6) is 5.75 Å². The molecule has 0 radical (unpaired) electrons. The van der Waals surface area contributed by atoms with E-state index in [2.05, 4.69) is 29.8 Å². The minimum absolute atomic E-state index is 0.0851. The van der Waals surface area contributed by atoms with Crippen LogP contribution < -0.4 is 15.4 Å². The fraction of sp³-hybridized carbons (Fsp3) is 0.286. The Balaban J connectivity index is 1.29. The largest absolute Gasteiger partial charge is 0.573 e. The monoisotopic (exact) mass is 521 g/mol. The molecule has 1 fully saturated rings. The topological polar surface area (TPSA) is 131 Å². The zero-order valence-corrected chi connectivity index (χ0v) is 19.3. The number of benzene rings is 1. The Labute approximate surface area is 206 Å². The number of H-pyrrole nitrogens is 1. The van der Waals surface area contributed by atoms with Gasteiger partial charge in [-0.25, -0.2) is 19.6 Å². The molecule has 1 saturated heterocycles. The van der Waals surface area contributed by atoms with Gasteiger partial charge < -0.3 is 25.3 Å². The van der Waals surface area contributed by atoms with E-state index < -0.39 is 12.1 Å². The van der Waals surface area contributed by atoms with Crippen molar-refractivity contribution >= 4 is 40.0 Å². The SMILES string of the molecule is Nc1ncnc2c1c(-c1ncc[nH]1)nn2CC(=O)N1CCN(c2ccc(Cl)c(OC(F)(F)F)c2)CC1. The van der Waals surface area contributed by atoms with E-state index >= 15 is 0 Å². The van der Waals surface area contributed by atoms with E-state index in [1.54, 1.807) is 23.4 Å². The van der Waals surface area contributed by atoms with Gasteiger partial charge in [0.15, 0.2) is 11.5 Å². The second-order valence-corrected chi connectivity index (χ2v) is 8.34. The molecule has 1 aromatic carbocycles. The molecule has 36 heavy (non-hydrogen) atoms. The van der Waals surface area contributed by atoms with Crippen LogP contribution in [0.2, 0.25) is 5.02 Å². The number of nitrogens with two attached hydrogens (primary N) is 1. The Morgan fingerprint density at radius 2 is 1.94 bits per heavy atom. The average molecular weight is 522 g/mol. The van der Waals surface area contributed by atoms with Gasteiger partial charge in [-0.2, -0.15) is 5.10 Å². The van der Waals surface area contributed by atoms with Crippen LogP contribution in [0.15, 0.2) is 36.9 Å². The molecule has 4 heterocycles. The van der Waals surface area contributed by atoms with Crippen molar-refractivity contribution in [1.82, 2.24) is 34.6 Å². The van der Waals surface area contributed by atoms with Crippen molar-refractivity contribution in [2.45, 2.75) is 12.9 Å². The molecule has 15 heteroatoms. The lowest BCUT2D eigenvalue weighted by Crippen LogP contribution is -2.49. The van der Waals surface area contributed by atoms with Crippen LogP contribution >= 0.6 is 11.6 Å². The third kappa shape index (κ3) is 4.71. The maximum absolute atomic E-state index is 13.1. The summed E-state index contributed by atoms with van der Waals surface area (Å²) in [5.41, 5.74) is 7.40. The highest BCUT2D eigenvalue weighted by molar-refractivity contribution is 6.32. The van der Waals surface area contributed by atoms with Crippen LogP contribution in [0.4, 0.5) is 24.7 Å². The van der Waals surface area contributed by atoms with Crippen molar-refractivity contribution < 1.29 is 22.7 Å². The summed E-state index contributed by atoms with van der Waals surface area (Å²) in [6.45, 7) is 1.45. The number of hydrogen-bond acceptors (Lipinski definition) is 8. The number of ether oxygens (including phenoxy) is 1. The standard InChI is InChI=1S/C21H19ClF3N9O2/c22-13-2-1-12(9-14(13)36-21(23,24)25)32-5-7-33(8-6-32)15(35)10-34-20-16(18(26)29-11-30-20)17(31-34)19-27-3-4-28-19/h1-4,9,11H,5-8,10H2,(H,27,28)(H2,26,29,30). The summed E-state index contributed by atoms with van der Waals surface area (Å²) in [6.07, 6.45) is -0.336. The van der Waals surface area contributed by atoms with Crippen molar-refractivity contribution in [1.29, 1.82) is 0 Å². The molecule has 3 N–H and O–H groups in total. The number of nitrogen functional groups attached to an aromatic ring is 1. The van der Waals surface area contributed by atoms with E-state index in [1.165, 1.54) is 23.1 Å². The summed E-state index contributed by atoms with van der Waals surface area (Å²) in [7, 11) is 0. The van der Waals surface area contributed by atoms with Crippen molar-refractivity contribution in [2.75, 3.05) is 36.8 Å². The van der Waals surface area contributed by atoms with Crippen molar-refractivity contribution in [3.8, 4) is 17.3 Å². The van der Waals surface area contributed by atoms with Crippen LogP contribution in [0.1, 0.15) is 0 Å². The van der Waals surface area contributed by atoms with E-state index in [4.69, 9.17) is 17.3 Å². The van der Waals surface area contributed by atoms with E-state index in [9.17, 15) is 18.0 Å². The predicted molar refractivity (Wildman–Crippen MR) is 124 cm³/mol. The Morgan fingerprint density at radius 1 is 1.17 bits per heavy atom. The third-order valence-electron chi connectivity index (χ3n) is 5.70. The molecular weight excluding hydrogens is 503 g/mol. The Bertz CT molecular complexity index is 1400. The summed E-state index contributed by atoms with van der Waals surface area (Å²) in [5, 5.41) is 4.85. The first kappa shape index (κ1) is 23.7. The first-order valence-corrected chi connectivity index (χ1v) is 11.1. The number of aromatic amines is 1. The molecule has 1 amide bonds. The highest BCUT2D eigenvalue weighted by atomic mass is 35.5. The highest BCUT2D eigenvalue weighted by Gasteiger charge is 2.32. The minimum Gasteiger partial charge on any atom is -0.404 e. The number of fused-ring (bicyclic) bond motifs is 1. The molecule has 1 aliphatic heterocycles. The van der Waals surface area contributed by atoms with Gasteiger partial charge >= 0.3 is 6.36 Å². The molecule has 0 spiro atoms. The Kier molecular flexibility index (Phi) is 6.04. The number of anilines is 2. The quantitative estimate of drug-likeness (QED) is 0.410. The van der Waals surface area contributed by atoms with Gasteiger partial charge in [0.05, 0.1) is 10.4 Å². The first-order valence-electron chi connectivity index (χ1n) is 10.7. The first-order chi connectivity index (χ1) is 17.2. The number of carbonyl (C=O) groups is 1. The molecule has 3 aromatic heterocycles. The number of carbonyl (C=O) groups excluding carboxylic acids is 1. The maximum Gasteiger partial charge on any atom is 0.573 e. The second kappa shape index (κ2) is 9.18. The van der Waals surface area contributed by atoms with Crippen LogP contribution in [0, 0.1) is 0 Å². The summed E-state index contributed by atoms with van der Waals surface area (Å²) < 4.78 is 43.4. The van der Waals surface area contributed by atoms with Gasteiger partial charge in [0.2, 0.25) is 5.91 Å². The minimum atomic E-state index is -4.85. The number of hydrogen-bond donors (Lipinski definition) is 2. The molecule has 0 unspecified atom stereocenters. The van der Waals surface area contributed by atoms with Crippen molar-refractivity contribution in [3.63, 3.8) is 0 Å². The number of amides is 1. The zero-order chi connectivity index (χ0) is 25.4. The smallest absolute Gasteiger partial charge is 0.404 e. The lowest BCUT2D eigenvalue weighted by molar-refractivity contribution is -0.274. The molecule has 0 atom stereocenters. The Hall–Kier alpha value is -4.07. The van der Waals surface area contributed by atoms with Gasteiger partial charge in [-0.3, -0.25) is 4.79 Å². The van der Waals surface area contributed by atoms with Crippen LogP contribution in [-0.4, -0.2) is 73.1 Å². The van der Waals surface area contributed by atoms with Gasteiger partial charge in [0.25, 0.3) is 0 Å². The number of imidazole rings is 1. The molecule has 188 valence electrons. The van der Waals surface area contributed by atoms with Gasteiger partial charge in [-0.05, 0) is 12.1 Å². The zero-order valence-electron chi connectivity index (χ0n) is 18.5. The normalized spacial score (nSPS) is 14.4. The summed E-state index contributed by atoms with van der Waals surface area (Å²) >= 11 is 5.84. The van der Waals surface area contributed by atoms with E-state index in [1.807, 2.05) is 4.90 Å². The predicted octanol–water partition coefficient (Wildman–Crippen LogP) is 2.70. The van der Waals surface area contributed by atoms with Gasteiger partial charge in [0.1, 0.15) is 30.1 Å². The van der Waals surface area contributed by atoms with Gasteiger partial charge in [-0.1, -0.05) is 11.6 Å². The van der Waals surface area contributed by atoms with Crippen molar-refractivity contribution in [2.24, 2.45) is 0 Å². The number of piperazine rings is 1. The number of aromatic nitrogens is 6. The van der Waals surface area contributed by atoms with Crippen LogP contribution in [-0.2, 0) is 11.3 Å². The molecule has 0 bridgehead atoms. The number of nitrogens with one attached hydrogen (secondary N) is 1. The number of halogens is 4. The molecule has 0 saturated carbocycles. The number of nitrogens with zero attached hydrogens (tertiary/aromatic N) is 7. The van der Waals surface area contributed by atoms with Gasteiger partial charge in [-0.15, -0.1) is 13.2 Å². The summed E-state index contributed by atoms with van der Waals surface area (Å²) in [5.74, 6) is 0.0208. The maximum atomic E-state index is 13.1. The van der Waals surface area contributed by atoms with Crippen LogP contribution in [0.3, 0.4) is 0 Å². The Morgan fingerprint density at radius 3 is 2.64 bits per heavy atom. The van der Waals surface area contributed by atoms with E-state index in [0.717, 1.165) is 0 Å². The van der Waals surface area contributed by atoms with Crippen molar-refractivity contribution in [3.05, 3.63) is 41.9 Å². The van der Waals surface area contributed by atoms with Gasteiger partial charge in [0, 0.05) is 50.3 Å². The molecular formula is C21H19ClF3N9O2. The number of alkyl halides is 3. The fourth-order valence-electron chi connectivity index (χ4n) is 4.03. The summed E-state index contributed by atoms with van der Waals surface area (Å²) in [6, 6.07) is 4.20. The van der Waals surface area contributed by atoms with E-state index in [0.29, 0.717) is 54.4 Å². The lowest BCUT2D eigenvalue weighted by atomic mass is 10.2. The fourth-order valence-corrected chi connectivity index (χ4v) is 4.19. The molecule has 5 rings (SSSR count). The average Bonchev–Trinajstić information content (AvgIpc) is 3.49. The molecule has 4 aromatic rings. The van der Waals surface area contributed by atoms with Crippen LogP contribution in [0.25, 0.3) is 22.6 Å². The summed E-state index contributed by atoms with van der Waals surface area (Å²) in [4.78, 5) is 32.0. The molecule has 11 nitrogen and oxygen atoms in total. The van der Waals surface area contributed by atoms with E-state index in [-0.39, 0.29) is 23.3 Å². The number of rotatable bonds is 5. The lowest BCUT2D eigenvalue weighted by Gasteiger charge is -2.36. The second-order valence-electron chi connectivity index (χ2n) is 7.93.